The Kier molecular flexibility index (Phi) is 2.58. The molecule has 0 aliphatic carbocycles. The van der Waals surface area contributed by atoms with Gasteiger partial charge in [0.05, 0.1) is 0 Å². The predicted octanol–water partition coefficient (Wildman–Crippen LogP) is 4.01. The highest BCUT2D eigenvalue weighted by Crippen LogP contribution is 2.41. The van der Waals surface area contributed by atoms with Crippen LogP contribution in [0.1, 0.15) is 16.6 Å². The zero-order valence-corrected chi connectivity index (χ0v) is 9.61. The van der Waals surface area contributed by atoms with E-state index in [4.69, 9.17) is 4.74 Å². The molecule has 1 aliphatic rings. The van der Waals surface area contributed by atoms with E-state index in [1.807, 2.05) is 30.0 Å². The normalized spacial score (nSPS) is 18.6. The zero-order chi connectivity index (χ0) is 10.8. The first-order valence-corrected chi connectivity index (χ1v) is 6.39. The van der Waals surface area contributed by atoms with Crippen molar-refractivity contribution in [3.05, 3.63) is 65.7 Å². The topological polar surface area (TPSA) is 9.23 Å². The maximum atomic E-state index is 5.98. The van der Waals surface area contributed by atoms with Gasteiger partial charge < -0.3 is 4.74 Å². The molecule has 1 unspecified atom stereocenters. The Hall–Kier alpha value is -1.41. The van der Waals surface area contributed by atoms with E-state index >= 15 is 0 Å². The van der Waals surface area contributed by atoms with Crippen LogP contribution in [0.15, 0.2) is 54.6 Å². The van der Waals surface area contributed by atoms with Crippen LogP contribution in [-0.4, -0.2) is 0 Å². The molecule has 0 bridgehead atoms. The van der Waals surface area contributed by atoms with Gasteiger partial charge >= 0.3 is 0 Å². The van der Waals surface area contributed by atoms with Crippen molar-refractivity contribution in [2.45, 2.75) is 11.2 Å². The first-order valence-electron chi connectivity index (χ1n) is 5.34. The van der Waals surface area contributed by atoms with Gasteiger partial charge in [-0.05, 0) is 6.07 Å². The van der Waals surface area contributed by atoms with Crippen molar-refractivity contribution < 1.29 is 4.74 Å². The van der Waals surface area contributed by atoms with Crippen molar-refractivity contribution in [1.29, 1.82) is 0 Å². The molecule has 2 heteroatoms. The van der Waals surface area contributed by atoms with Crippen LogP contribution in [0.2, 0.25) is 0 Å². The Labute approximate surface area is 99.4 Å². The molecule has 0 spiro atoms. The monoisotopic (exact) mass is 228 g/mol. The second kappa shape index (κ2) is 4.22. The predicted molar refractivity (Wildman–Crippen MR) is 67.5 cm³/mol. The number of thioether (sulfide) groups is 1. The quantitative estimate of drug-likeness (QED) is 0.729. The summed E-state index contributed by atoms with van der Waals surface area (Å²) in [5.41, 5.74) is 2.66. The molecule has 0 radical (unpaired) electrons. The van der Waals surface area contributed by atoms with Crippen molar-refractivity contribution in [2.24, 2.45) is 0 Å². The third kappa shape index (κ3) is 1.81. The molecule has 0 saturated heterocycles. The fraction of sp³-hybridized carbons (Fsp3) is 0.143. The molecule has 0 amide bonds. The van der Waals surface area contributed by atoms with Crippen LogP contribution in [0.3, 0.4) is 0 Å². The van der Waals surface area contributed by atoms with Crippen LogP contribution in [-0.2, 0) is 5.75 Å². The minimum atomic E-state index is 0.135. The van der Waals surface area contributed by atoms with Crippen LogP contribution < -0.4 is 4.74 Å². The molecular weight excluding hydrogens is 216 g/mol. The van der Waals surface area contributed by atoms with Crippen molar-refractivity contribution in [1.82, 2.24) is 0 Å². The van der Waals surface area contributed by atoms with Crippen molar-refractivity contribution in [2.75, 3.05) is 0 Å². The summed E-state index contributed by atoms with van der Waals surface area (Å²) in [6, 6.07) is 18.6. The fourth-order valence-electron chi connectivity index (χ4n) is 1.83. The number of para-hydroxylation sites is 1. The van der Waals surface area contributed by atoms with Gasteiger partial charge in [-0.3, -0.25) is 0 Å². The molecule has 1 aliphatic heterocycles. The number of benzene rings is 2. The molecule has 80 valence electrons. The summed E-state index contributed by atoms with van der Waals surface area (Å²) < 4.78 is 5.98. The molecule has 0 fully saturated rings. The first kappa shape index (κ1) is 9.79. The average Bonchev–Trinajstić information content (AvgIpc) is 2.39. The van der Waals surface area contributed by atoms with Gasteiger partial charge in [-0.25, -0.2) is 0 Å². The Bertz CT molecular complexity index is 481. The minimum Gasteiger partial charge on any atom is -0.475 e. The molecule has 1 heterocycles. The molecule has 2 aromatic rings. The maximum Gasteiger partial charge on any atom is 0.170 e. The van der Waals surface area contributed by atoms with Gasteiger partial charge in [0, 0.05) is 16.9 Å². The lowest BCUT2D eigenvalue weighted by Gasteiger charge is -2.25. The SMILES string of the molecule is c1ccc(C2Oc3ccccc3CS2)cc1. The summed E-state index contributed by atoms with van der Waals surface area (Å²) in [4.78, 5) is 0. The number of fused-ring (bicyclic) bond motifs is 1. The van der Waals surface area contributed by atoms with Gasteiger partial charge in [-0.15, -0.1) is 11.8 Å². The van der Waals surface area contributed by atoms with Gasteiger partial charge in [-0.2, -0.15) is 0 Å². The van der Waals surface area contributed by atoms with Gasteiger partial charge in [0.1, 0.15) is 5.75 Å². The molecule has 0 aromatic heterocycles. The van der Waals surface area contributed by atoms with E-state index in [-0.39, 0.29) is 5.44 Å². The van der Waals surface area contributed by atoms with Gasteiger partial charge in [-0.1, -0.05) is 48.5 Å². The summed E-state index contributed by atoms with van der Waals surface area (Å²) >= 11 is 1.84. The number of hydrogen-bond acceptors (Lipinski definition) is 2. The standard InChI is InChI=1S/C14H12OS/c1-2-6-11(7-3-1)14-15-13-9-5-4-8-12(13)10-16-14/h1-9,14H,10H2. The van der Waals surface area contributed by atoms with Crippen LogP contribution in [0.25, 0.3) is 0 Å². The summed E-state index contributed by atoms with van der Waals surface area (Å²) in [5, 5.41) is 0. The Balaban J connectivity index is 1.89. The van der Waals surface area contributed by atoms with Crippen LogP contribution in [0.4, 0.5) is 0 Å². The number of rotatable bonds is 1. The number of hydrogen-bond donors (Lipinski definition) is 0. The third-order valence-corrected chi connectivity index (χ3v) is 3.82. The molecule has 3 rings (SSSR count). The summed E-state index contributed by atoms with van der Waals surface area (Å²) in [6.45, 7) is 0. The minimum absolute atomic E-state index is 0.135. The van der Waals surface area contributed by atoms with Gasteiger partial charge in [0.15, 0.2) is 5.44 Å². The lowest BCUT2D eigenvalue weighted by Crippen LogP contribution is -2.09. The van der Waals surface area contributed by atoms with E-state index in [0.29, 0.717) is 0 Å². The molecular formula is C14H12OS. The summed E-state index contributed by atoms with van der Waals surface area (Å²) in [6.07, 6.45) is 0. The highest BCUT2D eigenvalue weighted by atomic mass is 32.2. The van der Waals surface area contributed by atoms with E-state index in [9.17, 15) is 0 Å². The Morgan fingerprint density at radius 3 is 2.56 bits per heavy atom. The molecule has 0 N–H and O–H groups in total. The second-order valence-corrected chi connectivity index (χ2v) is 4.83. The first-order chi connectivity index (χ1) is 7.93. The third-order valence-electron chi connectivity index (χ3n) is 2.67. The smallest absolute Gasteiger partial charge is 0.170 e. The van der Waals surface area contributed by atoms with Crippen molar-refractivity contribution >= 4 is 11.8 Å². The molecule has 0 saturated carbocycles. The Morgan fingerprint density at radius 2 is 1.69 bits per heavy atom. The second-order valence-electron chi connectivity index (χ2n) is 3.78. The van der Waals surface area contributed by atoms with E-state index in [1.54, 1.807) is 0 Å². The Morgan fingerprint density at radius 1 is 0.938 bits per heavy atom. The molecule has 1 atom stereocenters. The van der Waals surface area contributed by atoms with Crippen LogP contribution >= 0.6 is 11.8 Å². The summed E-state index contributed by atoms with van der Waals surface area (Å²) in [7, 11) is 0. The van der Waals surface area contributed by atoms with E-state index in [0.717, 1.165) is 11.5 Å². The van der Waals surface area contributed by atoms with Crippen LogP contribution in [0, 0.1) is 0 Å². The molecule has 1 nitrogen and oxygen atoms in total. The number of ether oxygens (including phenoxy) is 1. The fourth-order valence-corrected chi connectivity index (χ4v) is 2.92. The molecule has 2 aromatic carbocycles. The largest absolute Gasteiger partial charge is 0.475 e. The van der Waals surface area contributed by atoms with Gasteiger partial charge in [0.2, 0.25) is 0 Å². The van der Waals surface area contributed by atoms with Crippen LogP contribution in [0.5, 0.6) is 5.75 Å². The summed E-state index contributed by atoms with van der Waals surface area (Å²) in [5.74, 6) is 2.05. The van der Waals surface area contributed by atoms with Crippen molar-refractivity contribution in [3.63, 3.8) is 0 Å². The van der Waals surface area contributed by atoms with E-state index in [1.165, 1.54) is 11.1 Å². The average molecular weight is 228 g/mol. The highest BCUT2D eigenvalue weighted by molar-refractivity contribution is 7.98. The zero-order valence-electron chi connectivity index (χ0n) is 8.80. The van der Waals surface area contributed by atoms with Gasteiger partial charge in [0.25, 0.3) is 0 Å². The van der Waals surface area contributed by atoms with E-state index in [2.05, 4.69) is 36.4 Å². The highest BCUT2D eigenvalue weighted by Gasteiger charge is 2.20. The lowest BCUT2D eigenvalue weighted by atomic mass is 10.2. The maximum absolute atomic E-state index is 5.98. The van der Waals surface area contributed by atoms with Crippen molar-refractivity contribution in [3.8, 4) is 5.75 Å². The molecule has 16 heavy (non-hydrogen) atoms. The van der Waals surface area contributed by atoms with E-state index < -0.39 is 0 Å². The lowest BCUT2D eigenvalue weighted by molar-refractivity contribution is 0.287.